The minimum Gasteiger partial charge on any atom is -0.336 e. The van der Waals surface area contributed by atoms with E-state index in [9.17, 15) is 4.79 Å². The average molecular weight is 368 g/mol. The van der Waals surface area contributed by atoms with Crippen LogP contribution in [-0.2, 0) is 11.8 Å². The smallest absolute Gasteiger partial charge is 0.249 e. The van der Waals surface area contributed by atoms with Gasteiger partial charge in [-0.25, -0.2) is 9.97 Å². The highest BCUT2D eigenvalue weighted by atomic mass is 16.1. The van der Waals surface area contributed by atoms with E-state index in [4.69, 9.17) is 0 Å². The summed E-state index contributed by atoms with van der Waals surface area (Å²) in [5.41, 5.74) is 5.09. The molecule has 0 saturated carbocycles. The summed E-state index contributed by atoms with van der Waals surface area (Å²) >= 11 is 0. The molecule has 138 valence electrons. The number of hydrogen-bond donors (Lipinski definition) is 1. The van der Waals surface area contributed by atoms with E-state index in [1.165, 1.54) is 6.08 Å². The topological polar surface area (TPSA) is 59.8 Å². The summed E-state index contributed by atoms with van der Waals surface area (Å²) in [5, 5.41) is 3.90. The number of anilines is 1. The maximum Gasteiger partial charge on any atom is 0.249 e. The zero-order chi connectivity index (χ0) is 19.5. The van der Waals surface area contributed by atoms with Crippen molar-refractivity contribution in [2.24, 2.45) is 7.05 Å². The van der Waals surface area contributed by atoms with Gasteiger partial charge in [-0.15, -0.1) is 0 Å². The van der Waals surface area contributed by atoms with Gasteiger partial charge in [-0.2, -0.15) is 0 Å². The van der Waals surface area contributed by atoms with Crippen LogP contribution in [0.4, 0.5) is 5.82 Å². The van der Waals surface area contributed by atoms with Crippen LogP contribution in [0.25, 0.3) is 28.2 Å². The fourth-order valence-electron chi connectivity index (χ4n) is 3.20. The molecule has 4 rings (SSSR count). The summed E-state index contributed by atoms with van der Waals surface area (Å²) in [6, 6.07) is 15.8. The summed E-state index contributed by atoms with van der Waals surface area (Å²) in [4.78, 5) is 21.0. The molecule has 1 N–H and O–H groups in total. The molecular weight excluding hydrogens is 348 g/mol. The van der Waals surface area contributed by atoms with Gasteiger partial charge in [0.2, 0.25) is 5.91 Å². The molecule has 5 nitrogen and oxygen atoms in total. The molecule has 0 aliphatic rings. The van der Waals surface area contributed by atoms with Crippen LogP contribution in [0.2, 0.25) is 0 Å². The zero-order valence-electron chi connectivity index (χ0n) is 15.8. The Hall–Kier alpha value is -3.73. The molecule has 1 amide bonds. The van der Waals surface area contributed by atoms with E-state index in [0.717, 1.165) is 33.3 Å². The number of pyridine rings is 2. The largest absolute Gasteiger partial charge is 0.336 e. The van der Waals surface area contributed by atoms with E-state index in [-0.39, 0.29) is 5.91 Å². The van der Waals surface area contributed by atoms with Gasteiger partial charge >= 0.3 is 0 Å². The maximum absolute atomic E-state index is 12.3. The van der Waals surface area contributed by atoms with Crippen molar-refractivity contribution >= 4 is 28.8 Å². The Kier molecular flexibility index (Phi) is 4.72. The molecule has 0 spiro atoms. The second-order valence-corrected chi connectivity index (χ2v) is 6.69. The molecular formula is C23H20N4O. The highest BCUT2D eigenvalue weighted by molar-refractivity contribution is 6.02. The summed E-state index contributed by atoms with van der Waals surface area (Å²) in [7, 11) is 1.97. The Morgan fingerprint density at radius 3 is 2.79 bits per heavy atom. The molecule has 4 aromatic rings. The third-order valence-corrected chi connectivity index (χ3v) is 4.56. The molecule has 0 unspecified atom stereocenters. The van der Waals surface area contributed by atoms with Gasteiger partial charge in [-0.3, -0.25) is 4.79 Å². The Morgan fingerprint density at radius 2 is 1.93 bits per heavy atom. The minimum absolute atomic E-state index is 0.217. The van der Waals surface area contributed by atoms with Gasteiger partial charge in [-0.1, -0.05) is 29.8 Å². The number of hydrogen-bond acceptors (Lipinski definition) is 3. The number of nitrogens with zero attached hydrogens (tertiary/aromatic N) is 3. The van der Waals surface area contributed by atoms with Crippen molar-refractivity contribution in [3.8, 4) is 11.1 Å². The van der Waals surface area contributed by atoms with Crippen LogP contribution in [0.3, 0.4) is 0 Å². The maximum atomic E-state index is 12.3. The van der Waals surface area contributed by atoms with Crippen LogP contribution >= 0.6 is 0 Å². The fourth-order valence-corrected chi connectivity index (χ4v) is 3.20. The number of amides is 1. The standard InChI is InChI=1S/C23H20N4O/c1-16-4-3-5-17(14-16)6-7-22(28)26-21-15-18(8-11-24-21)19-9-12-25-23-20(19)10-13-27(23)2/h3-15H,1-2H3,(H,24,26,28)/b7-6+. The third-order valence-electron chi connectivity index (χ3n) is 4.56. The van der Waals surface area contributed by atoms with Crippen LogP contribution in [0.1, 0.15) is 11.1 Å². The minimum atomic E-state index is -0.217. The number of carbonyl (C=O) groups excluding carboxylic acids is 1. The highest BCUT2D eigenvalue weighted by Gasteiger charge is 2.09. The molecule has 0 saturated heterocycles. The summed E-state index contributed by atoms with van der Waals surface area (Å²) in [6.45, 7) is 2.02. The first kappa shape index (κ1) is 17.7. The molecule has 1 aromatic carbocycles. The van der Waals surface area contributed by atoms with Crippen LogP contribution in [0.15, 0.2) is 73.2 Å². The van der Waals surface area contributed by atoms with Crippen LogP contribution in [-0.4, -0.2) is 20.4 Å². The van der Waals surface area contributed by atoms with E-state index in [1.807, 2.05) is 73.3 Å². The fraction of sp³-hybridized carbons (Fsp3) is 0.0870. The van der Waals surface area contributed by atoms with Crippen molar-refractivity contribution in [1.82, 2.24) is 14.5 Å². The van der Waals surface area contributed by atoms with E-state index in [0.29, 0.717) is 5.82 Å². The van der Waals surface area contributed by atoms with Crippen molar-refractivity contribution in [1.29, 1.82) is 0 Å². The third kappa shape index (κ3) is 3.69. The van der Waals surface area contributed by atoms with Crippen molar-refractivity contribution < 1.29 is 4.79 Å². The lowest BCUT2D eigenvalue weighted by Gasteiger charge is -2.07. The number of aryl methyl sites for hydroxylation is 2. The summed E-state index contributed by atoms with van der Waals surface area (Å²) < 4.78 is 1.98. The number of carbonyl (C=O) groups is 1. The lowest BCUT2D eigenvalue weighted by Crippen LogP contribution is -2.09. The number of rotatable bonds is 4. The van der Waals surface area contributed by atoms with Crippen LogP contribution in [0, 0.1) is 6.92 Å². The van der Waals surface area contributed by atoms with Gasteiger partial charge in [0, 0.05) is 37.1 Å². The normalized spacial score (nSPS) is 11.2. The Morgan fingerprint density at radius 1 is 1.07 bits per heavy atom. The monoisotopic (exact) mass is 368 g/mol. The summed E-state index contributed by atoms with van der Waals surface area (Å²) in [5.74, 6) is 0.294. The average Bonchev–Trinajstić information content (AvgIpc) is 3.08. The second-order valence-electron chi connectivity index (χ2n) is 6.69. The molecule has 3 aromatic heterocycles. The first-order valence-electron chi connectivity index (χ1n) is 9.02. The van der Waals surface area contributed by atoms with E-state index >= 15 is 0 Å². The SMILES string of the molecule is Cc1cccc(/C=C/C(=O)Nc2cc(-c3ccnc4c3ccn4C)ccn2)c1. The quantitative estimate of drug-likeness (QED) is 0.536. The van der Waals surface area contributed by atoms with Gasteiger partial charge in [0.25, 0.3) is 0 Å². The van der Waals surface area contributed by atoms with Crippen molar-refractivity contribution in [3.63, 3.8) is 0 Å². The Balaban J connectivity index is 1.56. The van der Waals surface area contributed by atoms with Crippen molar-refractivity contribution in [3.05, 3.63) is 84.3 Å². The van der Waals surface area contributed by atoms with E-state index < -0.39 is 0 Å². The van der Waals surface area contributed by atoms with Crippen LogP contribution in [0.5, 0.6) is 0 Å². The molecule has 5 heteroatoms. The molecule has 0 aliphatic heterocycles. The van der Waals surface area contributed by atoms with Gasteiger partial charge in [0.1, 0.15) is 11.5 Å². The van der Waals surface area contributed by atoms with Gasteiger partial charge in [0.05, 0.1) is 0 Å². The van der Waals surface area contributed by atoms with E-state index in [1.54, 1.807) is 18.5 Å². The van der Waals surface area contributed by atoms with Crippen LogP contribution < -0.4 is 5.32 Å². The second kappa shape index (κ2) is 7.48. The van der Waals surface area contributed by atoms with Crippen molar-refractivity contribution in [2.75, 3.05) is 5.32 Å². The predicted octanol–water partition coefficient (Wildman–Crippen LogP) is 4.60. The number of nitrogens with one attached hydrogen (secondary N) is 1. The molecule has 0 bridgehead atoms. The molecule has 0 atom stereocenters. The Bertz CT molecular complexity index is 1190. The molecule has 3 heterocycles. The van der Waals surface area contributed by atoms with Gasteiger partial charge < -0.3 is 9.88 Å². The lowest BCUT2D eigenvalue weighted by atomic mass is 10.1. The molecule has 28 heavy (non-hydrogen) atoms. The zero-order valence-corrected chi connectivity index (χ0v) is 15.8. The first-order chi connectivity index (χ1) is 13.6. The highest BCUT2D eigenvalue weighted by Crippen LogP contribution is 2.28. The van der Waals surface area contributed by atoms with E-state index in [2.05, 4.69) is 15.3 Å². The number of benzene rings is 1. The first-order valence-corrected chi connectivity index (χ1v) is 9.02. The molecule has 0 fully saturated rings. The Labute approximate surface area is 163 Å². The molecule has 0 radical (unpaired) electrons. The molecule has 0 aliphatic carbocycles. The van der Waals surface area contributed by atoms with Gasteiger partial charge in [-0.05, 0) is 54.0 Å². The lowest BCUT2D eigenvalue weighted by molar-refractivity contribution is -0.111. The van der Waals surface area contributed by atoms with Gasteiger partial charge in [0.15, 0.2) is 0 Å². The predicted molar refractivity (Wildman–Crippen MR) is 113 cm³/mol. The summed E-state index contributed by atoms with van der Waals surface area (Å²) in [6.07, 6.45) is 8.79. The number of aromatic nitrogens is 3. The number of fused-ring (bicyclic) bond motifs is 1. The van der Waals surface area contributed by atoms with Crippen molar-refractivity contribution in [2.45, 2.75) is 6.92 Å².